The number of hydrogen-bond acceptors (Lipinski definition) is 9. The Balaban J connectivity index is 0.00000405. The van der Waals surface area contributed by atoms with Crippen molar-refractivity contribution in [2.24, 2.45) is 0 Å². The molecular formula is C28H31ClFN5O5S2. The van der Waals surface area contributed by atoms with Crippen LogP contribution < -0.4 is 24.4 Å². The zero-order chi connectivity index (χ0) is 29.0. The molecule has 0 unspecified atom stereocenters. The van der Waals surface area contributed by atoms with Gasteiger partial charge in [-0.1, -0.05) is 11.3 Å². The molecule has 3 aromatic carbocycles. The second-order valence-electron chi connectivity index (χ2n) is 9.37. The third kappa shape index (κ3) is 7.04. The molecule has 0 aliphatic carbocycles. The van der Waals surface area contributed by atoms with Gasteiger partial charge in [-0.2, -0.15) is 0 Å². The van der Waals surface area contributed by atoms with E-state index in [0.29, 0.717) is 35.8 Å². The Bertz CT molecular complexity index is 1630. The number of carbonyl (C=O) groups excluding carboxylic acids is 1. The highest BCUT2D eigenvalue weighted by Gasteiger charge is 2.22. The maximum Gasteiger partial charge on any atom is 0.261 e. The summed E-state index contributed by atoms with van der Waals surface area (Å²) in [6, 6.07) is 14.6. The Morgan fingerprint density at radius 3 is 2.31 bits per heavy atom. The van der Waals surface area contributed by atoms with Crippen LogP contribution in [0.25, 0.3) is 10.2 Å². The highest BCUT2D eigenvalue weighted by atomic mass is 35.5. The predicted molar refractivity (Wildman–Crippen MR) is 165 cm³/mol. The number of fused-ring (bicyclic) bond motifs is 1. The number of hydrogen-bond donors (Lipinski definition) is 2. The van der Waals surface area contributed by atoms with E-state index in [1.54, 1.807) is 37.7 Å². The van der Waals surface area contributed by atoms with Crippen LogP contribution in [0.3, 0.4) is 0 Å². The average molecular weight is 636 g/mol. The highest BCUT2D eigenvalue weighted by Crippen LogP contribution is 2.40. The Kier molecular flexibility index (Phi) is 10.1. The number of sulfonamides is 1. The lowest BCUT2D eigenvalue weighted by atomic mass is 10.2. The summed E-state index contributed by atoms with van der Waals surface area (Å²) in [7, 11) is -0.638. The zero-order valence-corrected chi connectivity index (χ0v) is 25.5. The van der Waals surface area contributed by atoms with Crippen molar-refractivity contribution in [1.29, 1.82) is 0 Å². The van der Waals surface area contributed by atoms with E-state index in [1.165, 1.54) is 24.3 Å². The smallest absolute Gasteiger partial charge is 0.261 e. The first-order valence-corrected chi connectivity index (χ1v) is 15.2. The van der Waals surface area contributed by atoms with Gasteiger partial charge < -0.3 is 19.7 Å². The number of halogens is 2. The largest absolute Gasteiger partial charge is 0.493 e. The number of thiazole rings is 1. The number of benzene rings is 3. The molecule has 1 fully saturated rings. The highest BCUT2D eigenvalue weighted by molar-refractivity contribution is 7.92. The molecule has 0 bridgehead atoms. The molecule has 42 heavy (non-hydrogen) atoms. The molecule has 0 radical (unpaired) electrons. The van der Waals surface area contributed by atoms with Crippen molar-refractivity contribution in [2.75, 3.05) is 63.1 Å². The maximum atomic E-state index is 13.1. The van der Waals surface area contributed by atoms with Gasteiger partial charge in [0.15, 0.2) is 16.6 Å². The van der Waals surface area contributed by atoms with E-state index in [4.69, 9.17) is 14.5 Å². The minimum absolute atomic E-state index is 0. The van der Waals surface area contributed by atoms with Crippen LogP contribution in [0.1, 0.15) is 10.4 Å². The second-order valence-corrected chi connectivity index (χ2v) is 12.1. The summed E-state index contributed by atoms with van der Waals surface area (Å²) >= 11 is 1.63. The number of aromatic nitrogens is 1. The summed E-state index contributed by atoms with van der Waals surface area (Å²) in [5, 5.41) is 3.87. The number of carbonyl (C=O) groups is 1. The summed E-state index contributed by atoms with van der Waals surface area (Å²) in [4.78, 5) is 21.9. The summed E-state index contributed by atoms with van der Waals surface area (Å²) in [5.74, 6) is 0.540. The van der Waals surface area contributed by atoms with E-state index in [0.717, 1.165) is 53.7 Å². The van der Waals surface area contributed by atoms with E-state index in [9.17, 15) is 17.6 Å². The maximum absolute atomic E-state index is 13.1. The normalized spacial score (nSPS) is 13.8. The summed E-state index contributed by atoms with van der Waals surface area (Å²) in [6.07, 6.45) is 0. The van der Waals surface area contributed by atoms with Gasteiger partial charge in [0, 0.05) is 50.5 Å². The van der Waals surface area contributed by atoms with Gasteiger partial charge in [0.1, 0.15) is 11.3 Å². The number of nitrogens with one attached hydrogen (secondary N) is 2. The van der Waals surface area contributed by atoms with Crippen molar-refractivity contribution in [2.45, 2.75) is 4.90 Å². The molecule has 1 aliphatic rings. The molecule has 1 aromatic heterocycles. The first kappa shape index (κ1) is 31.3. The van der Waals surface area contributed by atoms with Crippen molar-refractivity contribution >= 4 is 60.7 Å². The SMILES string of the molecule is COc1ccc2sc(N3CCN(CCNC(=O)c4ccc(NS(=O)(=O)c5ccc(F)cc5)cc4)CC3)nc2c1OC.Cl. The number of methoxy groups -OCH3 is 2. The van der Waals surface area contributed by atoms with E-state index >= 15 is 0 Å². The van der Waals surface area contributed by atoms with Gasteiger partial charge >= 0.3 is 0 Å². The molecule has 4 aromatic rings. The van der Waals surface area contributed by atoms with Crippen LogP contribution in [-0.2, 0) is 10.0 Å². The third-order valence-electron chi connectivity index (χ3n) is 6.77. The van der Waals surface area contributed by atoms with Gasteiger partial charge in [-0.05, 0) is 60.7 Å². The number of piperazine rings is 1. The Hall–Kier alpha value is -3.65. The summed E-state index contributed by atoms with van der Waals surface area (Å²) in [6.45, 7) is 4.52. The molecule has 1 saturated heterocycles. The second kappa shape index (κ2) is 13.6. The quantitative estimate of drug-likeness (QED) is 0.266. The van der Waals surface area contributed by atoms with Crippen LogP contribution in [0, 0.1) is 5.82 Å². The van der Waals surface area contributed by atoms with Gasteiger partial charge in [-0.25, -0.2) is 17.8 Å². The Labute approximate surface area is 253 Å². The van der Waals surface area contributed by atoms with Gasteiger partial charge in [-0.15, -0.1) is 12.4 Å². The lowest BCUT2D eigenvalue weighted by Gasteiger charge is -2.34. The molecule has 1 amide bonds. The molecule has 2 heterocycles. The molecule has 14 heteroatoms. The molecular weight excluding hydrogens is 605 g/mol. The molecule has 2 N–H and O–H groups in total. The van der Waals surface area contributed by atoms with E-state index in [2.05, 4.69) is 19.8 Å². The number of amides is 1. The van der Waals surface area contributed by atoms with Crippen molar-refractivity contribution in [3.05, 3.63) is 72.0 Å². The average Bonchev–Trinajstić information content (AvgIpc) is 3.42. The Morgan fingerprint density at radius 1 is 0.976 bits per heavy atom. The number of nitrogens with zero attached hydrogens (tertiary/aromatic N) is 3. The van der Waals surface area contributed by atoms with Crippen LogP contribution in [0.15, 0.2) is 65.6 Å². The van der Waals surface area contributed by atoms with Crippen molar-refractivity contribution in [1.82, 2.24) is 15.2 Å². The minimum atomic E-state index is -3.86. The molecule has 10 nitrogen and oxygen atoms in total. The fourth-order valence-electron chi connectivity index (χ4n) is 4.54. The van der Waals surface area contributed by atoms with Crippen LogP contribution in [0.4, 0.5) is 15.2 Å². The monoisotopic (exact) mass is 635 g/mol. The Morgan fingerprint density at radius 2 is 1.67 bits per heavy atom. The molecule has 0 spiro atoms. The molecule has 5 rings (SSSR count). The molecule has 1 aliphatic heterocycles. The van der Waals surface area contributed by atoms with Crippen molar-refractivity contribution in [3.8, 4) is 11.5 Å². The molecule has 224 valence electrons. The zero-order valence-electron chi connectivity index (χ0n) is 23.0. The van der Waals surface area contributed by atoms with Crippen molar-refractivity contribution in [3.63, 3.8) is 0 Å². The van der Waals surface area contributed by atoms with Gasteiger partial charge in [0.2, 0.25) is 0 Å². The summed E-state index contributed by atoms with van der Waals surface area (Å²) < 4.78 is 52.5. The van der Waals surface area contributed by atoms with E-state index in [-0.39, 0.29) is 23.2 Å². The molecule has 0 atom stereocenters. The summed E-state index contributed by atoms with van der Waals surface area (Å²) in [5.41, 5.74) is 1.52. The standard InChI is InChI=1S/C28H30FN5O5S2.ClH/c1-38-23-11-12-24-25(26(23)39-2)31-28(40-24)34-17-15-33(16-18-34)14-13-30-27(35)19-3-7-21(8-4-19)32-41(36,37)22-9-5-20(29)6-10-22;/h3-12,32H,13-18H2,1-2H3,(H,30,35);1H. The van der Waals surface area contributed by atoms with Crippen LogP contribution in [0.5, 0.6) is 11.5 Å². The first-order valence-electron chi connectivity index (χ1n) is 12.9. The van der Waals surface area contributed by atoms with Crippen LogP contribution >= 0.6 is 23.7 Å². The predicted octanol–water partition coefficient (Wildman–Crippen LogP) is 4.23. The molecule has 0 saturated carbocycles. The van der Waals surface area contributed by atoms with Gasteiger partial charge in [-0.3, -0.25) is 14.4 Å². The van der Waals surface area contributed by atoms with Gasteiger partial charge in [0.25, 0.3) is 15.9 Å². The fourth-order valence-corrected chi connectivity index (χ4v) is 6.62. The number of ether oxygens (including phenoxy) is 2. The number of anilines is 2. The van der Waals surface area contributed by atoms with E-state index < -0.39 is 15.8 Å². The number of rotatable bonds is 10. The van der Waals surface area contributed by atoms with Crippen LogP contribution in [0.2, 0.25) is 0 Å². The minimum Gasteiger partial charge on any atom is -0.493 e. The lowest BCUT2D eigenvalue weighted by Crippen LogP contribution is -2.48. The van der Waals surface area contributed by atoms with Crippen molar-refractivity contribution < 1.29 is 27.1 Å². The topological polar surface area (TPSA) is 113 Å². The third-order valence-corrected chi connectivity index (χ3v) is 9.25. The van der Waals surface area contributed by atoms with E-state index in [1.807, 2.05) is 12.1 Å². The fraction of sp³-hybridized carbons (Fsp3) is 0.286. The van der Waals surface area contributed by atoms with Gasteiger partial charge in [0.05, 0.1) is 23.8 Å². The van der Waals surface area contributed by atoms with Crippen LogP contribution in [-0.4, -0.2) is 77.7 Å². The first-order chi connectivity index (χ1) is 19.8. The lowest BCUT2D eigenvalue weighted by molar-refractivity contribution is 0.0948.